The third kappa shape index (κ3) is 3.00. The predicted molar refractivity (Wildman–Crippen MR) is 78.5 cm³/mol. The number of nitrogens with zero attached hydrogens (tertiary/aromatic N) is 2. The summed E-state index contributed by atoms with van der Waals surface area (Å²) in [6.45, 7) is 8.17. The normalized spacial score (nSPS) is 23.4. The number of amides is 2. The molecule has 1 fully saturated rings. The Morgan fingerprint density at radius 1 is 1.45 bits per heavy atom. The van der Waals surface area contributed by atoms with E-state index < -0.39 is 12.1 Å². The van der Waals surface area contributed by atoms with Crippen LogP contribution >= 0.6 is 11.3 Å². The first kappa shape index (κ1) is 15.0. The minimum Gasteiger partial charge on any atom is -0.342 e. The third-order valence-electron chi connectivity index (χ3n) is 3.64. The van der Waals surface area contributed by atoms with Crippen LogP contribution in [-0.2, 0) is 16.0 Å². The lowest BCUT2D eigenvalue weighted by atomic mass is 9.98. The number of aryl methyl sites for hydroxylation is 1. The van der Waals surface area contributed by atoms with Gasteiger partial charge in [0.2, 0.25) is 11.8 Å². The maximum Gasteiger partial charge on any atom is 0.246 e. The highest BCUT2D eigenvalue weighted by Crippen LogP contribution is 2.16. The van der Waals surface area contributed by atoms with Crippen LogP contribution in [0, 0.1) is 12.8 Å². The monoisotopic (exact) mass is 295 g/mol. The number of hydrogen-bond acceptors (Lipinski definition) is 4. The lowest BCUT2D eigenvalue weighted by molar-refractivity contribution is -0.149. The molecular weight excluding hydrogens is 274 g/mol. The highest BCUT2D eigenvalue weighted by atomic mass is 32.1. The average molecular weight is 295 g/mol. The summed E-state index contributed by atoms with van der Waals surface area (Å²) < 4.78 is 0. The molecule has 1 aliphatic heterocycles. The summed E-state index contributed by atoms with van der Waals surface area (Å²) in [4.78, 5) is 30.5. The van der Waals surface area contributed by atoms with Gasteiger partial charge in [0.15, 0.2) is 0 Å². The predicted octanol–water partition coefficient (Wildman–Crippen LogP) is 1.37. The van der Waals surface area contributed by atoms with Gasteiger partial charge in [0, 0.05) is 18.3 Å². The van der Waals surface area contributed by atoms with Crippen LogP contribution in [0.1, 0.15) is 31.5 Å². The molecule has 2 rings (SSSR count). The first-order chi connectivity index (χ1) is 9.40. The molecular formula is C14H21N3O2S. The molecule has 0 aromatic carbocycles. The van der Waals surface area contributed by atoms with Crippen molar-refractivity contribution in [2.24, 2.45) is 5.92 Å². The van der Waals surface area contributed by atoms with Crippen molar-refractivity contribution in [1.29, 1.82) is 0 Å². The van der Waals surface area contributed by atoms with Crippen LogP contribution in [0.25, 0.3) is 0 Å². The minimum atomic E-state index is -0.407. The zero-order valence-corrected chi connectivity index (χ0v) is 13.2. The highest BCUT2D eigenvalue weighted by molar-refractivity contribution is 7.09. The van der Waals surface area contributed by atoms with E-state index in [4.69, 9.17) is 0 Å². The van der Waals surface area contributed by atoms with E-state index in [0.717, 1.165) is 10.7 Å². The molecule has 2 unspecified atom stereocenters. The van der Waals surface area contributed by atoms with E-state index in [2.05, 4.69) is 10.3 Å². The van der Waals surface area contributed by atoms with Crippen LogP contribution in [0.3, 0.4) is 0 Å². The molecule has 6 heteroatoms. The van der Waals surface area contributed by atoms with Gasteiger partial charge in [-0.3, -0.25) is 9.59 Å². The molecule has 5 nitrogen and oxygen atoms in total. The van der Waals surface area contributed by atoms with Crippen molar-refractivity contribution in [3.8, 4) is 0 Å². The second-order valence-electron chi connectivity index (χ2n) is 5.55. The average Bonchev–Trinajstić information content (AvgIpc) is 2.79. The second-order valence-corrected chi connectivity index (χ2v) is 6.61. The molecule has 2 atom stereocenters. The van der Waals surface area contributed by atoms with Gasteiger partial charge in [-0.1, -0.05) is 13.8 Å². The Bertz CT molecular complexity index is 512. The molecule has 110 valence electrons. The number of carbonyl (C=O) groups is 2. The van der Waals surface area contributed by atoms with Crippen LogP contribution in [0.2, 0.25) is 0 Å². The summed E-state index contributed by atoms with van der Waals surface area (Å²) >= 11 is 1.60. The van der Waals surface area contributed by atoms with Gasteiger partial charge in [-0.2, -0.15) is 0 Å². The van der Waals surface area contributed by atoms with Gasteiger partial charge in [0.05, 0.1) is 10.7 Å². The molecule has 2 amide bonds. The maximum atomic E-state index is 12.4. The molecule has 0 bridgehead atoms. The molecule has 1 aliphatic rings. The van der Waals surface area contributed by atoms with Crippen molar-refractivity contribution in [3.05, 3.63) is 16.1 Å². The largest absolute Gasteiger partial charge is 0.342 e. The fourth-order valence-electron chi connectivity index (χ4n) is 2.36. The van der Waals surface area contributed by atoms with E-state index in [1.54, 1.807) is 23.2 Å². The SMILES string of the molecule is Cc1nc(CCN2C(=O)C(C(C)C)NC(=O)C2C)cs1. The van der Waals surface area contributed by atoms with Gasteiger partial charge in [0.1, 0.15) is 12.1 Å². The Hall–Kier alpha value is -1.43. The summed E-state index contributed by atoms with van der Waals surface area (Å²) in [6.07, 6.45) is 0.693. The number of piperazine rings is 1. The van der Waals surface area contributed by atoms with Crippen molar-refractivity contribution in [2.75, 3.05) is 6.54 Å². The van der Waals surface area contributed by atoms with Crippen molar-refractivity contribution >= 4 is 23.2 Å². The van der Waals surface area contributed by atoms with E-state index >= 15 is 0 Å². The standard InChI is InChI=1S/C14H21N3O2S/c1-8(2)12-14(19)17(9(3)13(18)16-12)6-5-11-7-20-10(4)15-11/h7-9,12H,5-6H2,1-4H3,(H,16,18). The molecule has 1 aromatic heterocycles. The van der Waals surface area contributed by atoms with E-state index in [1.165, 1.54) is 0 Å². The van der Waals surface area contributed by atoms with Gasteiger partial charge < -0.3 is 10.2 Å². The molecule has 2 heterocycles. The lowest BCUT2D eigenvalue weighted by Crippen LogP contribution is -2.64. The van der Waals surface area contributed by atoms with Crippen LogP contribution in [0.5, 0.6) is 0 Å². The maximum absolute atomic E-state index is 12.4. The number of aromatic nitrogens is 1. The molecule has 1 saturated heterocycles. The summed E-state index contributed by atoms with van der Waals surface area (Å²) in [7, 11) is 0. The Kier molecular flexibility index (Phi) is 4.42. The topological polar surface area (TPSA) is 62.3 Å². The molecule has 0 spiro atoms. The van der Waals surface area contributed by atoms with Crippen LogP contribution < -0.4 is 5.32 Å². The van der Waals surface area contributed by atoms with E-state index in [-0.39, 0.29) is 17.7 Å². The quantitative estimate of drug-likeness (QED) is 0.912. The lowest BCUT2D eigenvalue weighted by Gasteiger charge is -2.38. The van der Waals surface area contributed by atoms with Gasteiger partial charge in [-0.25, -0.2) is 4.98 Å². The van der Waals surface area contributed by atoms with Gasteiger partial charge in [-0.05, 0) is 19.8 Å². The van der Waals surface area contributed by atoms with Gasteiger partial charge in [0.25, 0.3) is 0 Å². The van der Waals surface area contributed by atoms with Crippen molar-refractivity contribution < 1.29 is 9.59 Å². The molecule has 0 radical (unpaired) electrons. The van der Waals surface area contributed by atoms with E-state index in [9.17, 15) is 9.59 Å². The molecule has 1 N–H and O–H groups in total. The van der Waals surface area contributed by atoms with Crippen LogP contribution in [-0.4, -0.2) is 40.3 Å². The van der Waals surface area contributed by atoms with Crippen LogP contribution in [0.15, 0.2) is 5.38 Å². The Morgan fingerprint density at radius 3 is 2.70 bits per heavy atom. The Balaban J connectivity index is 2.07. The zero-order valence-electron chi connectivity index (χ0n) is 12.3. The summed E-state index contributed by atoms with van der Waals surface area (Å²) in [5, 5.41) is 5.84. The summed E-state index contributed by atoms with van der Waals surface area (Å²) in [5.41, 5.74) is 0.986. The van der Waals surface area contributed by atoms with Gasteiger partial charge in [-0.15, -0.1) is 11.3 Å². The fourth-order valence-corrected chi connectivity index (χ4v) is 3.01. The number of hydrogen-bond donors (Lipinski definition) is 1. The van der Waals surface area contributed by atoms with Gasteiger partial charge >= 0.3 is 0 Å². The zero-order chi connectivity index (χ0) is 14.9. The van der Waals surface area contributed by atoms with Crippen LogP contribution in [0.4, 0.5) is 0 Å². The van der Waals surface area contributed by atoms with E-state index in [0.29, 0.717) is 13.0 Å². The number of rotatable bonds is 4. The van der Waals surface area contributed by atoms with Crippen molar-refractivity contribution in [2.45, 2.75) is 46.2 Å². The number of carbonyl (C=O) groups excluding carboxylic acids is 2. The Labute approximate surface area is 123 Å². The third-order valence-corrected chi connectivity index (χ3v) is 4.46. The minimum absolute atomic E-state index is 0.0130. The molecule has 20 heavy (non-hydrogen) atoms. The number of thiazole rings is 1. The highest BCUT2D eigenvalue weighted by Gasteiger charge is 2.39. The second kappa shape index (κ2) is 5.91. The Morgan fingerprint density at radius 2 is 2.15 bits per heavy atom. The smallest absolute Gasteiger partial charge is 0.246 e. The summed E-state index contributed by atoms with van der Waals surface area (Å²) in [5.74, 6) is 0.0415. The number of nitrogens with one attached hydrogen (secondary N) is 1. The van der Waals surface area contributed by atoms with E-state index in [1.807, 2.05) is 26.2 Å². The molecule has 1 aromatic rings. The first-order valence-electron chi connectivity index (χ1n) is 6.92. The first-order valence-corrected chi connectivity index (χ1v) is 7.80. The van der Waals surface area contributed by atoms with Crippen molar-refractivity contribution in [3.63, 3.8) is 0 Å². The summed E-state index contributed by atoms with van der Waals surface area (Å²) in [6, 6.07) is -0.812. The fraction of sp³-hybridized carbons (Fsp3) is 0.643. The molecule has 0 aliphatic carbocycles. The van der Waals surface area contributed by atoms with Crippen molar-refractivity contribution in [1.82, 2.24) is 15.2 Å². The molecule has 0 saturated carbocycles.